The van der Waals surface area contributed by atoms with Crippen LogP contribution in [0.1, 0.15) is 16.1 Å². The largest absolute Gasteiger partial charge is 0.478 e. The average molecular weight is 421 g/mol. The molecule has 1 N–H and O–H groups in total. The summed E-state index contributed by atoms with van der Waals surface area (Å²) < 4.78 is 6.74. The van der Waals surface area contributed by atoms with Gasteiger partial charge in [-0.1, -0.05) is 36.4 Å². The summed E-state index contributed by atoms with van der Waals surface area (Å²) in [5.41, 5.74) is 1.20. The van der Waals surface area contributed by atoms with Gasteiger partial charge in [0.2, 0.25) is 0 Å². The molecule has 1 aromatic heterocycles. The van der Waals surface area contributed by atoms with Crippen LogP contribution in [0.25, 0.3) is 16.5 Å². The van der Waals surface area contributed by atoms with Crippen LogP contribution in [-0.4, -0.2) is 71.9 Å². The Morgan fingerprint density at radius 2 is 1.55 bits per heavy atom. The summed E-state index contributed by atoms with van der Waals surface area (Å²) in [6.07, 6.45) is 0. The van der Waals surface area contributed by atoms with Gasteiger partial charge < -0.3 is 9.84 Å². The highest BCUT2D eigenvalue weighted by molar-refractivity contribution is 6.04. The number of pyridine rings is 1. The molecule has 31 heavy (non-hydrogen) atoms. The number of benzene rings is 2. The fraction of sp³-hybridized carbons (Fsp3) is 0.333. The molecule has 4 rings (SSSR count). The van der Waals surface area contributed by atoms with Gasteiger partial charge in [0.25, 0.3) is 5.56 Å². The lowest BCUT2D eigenvalue weighted by Gasteiger charge is -2.35. The van der Waals surface area contributed by atoms with Crippen molar-refractivity contribution in [3.8, 4) is 5.69 Å². The number of para-hydroxylation sites is 1. The number of fused-ring (bicyclic) bond motifs is 1. The Balaban J connectivity index is 1.79. The van der Waals surface area contributed by atoms with Gasteiger partial charge in [0.15, 0.2) is 0 Å². The van der Waals surface area contributed by atoms with E-state index in [1.54, 1.807) is 35.9 Å². The Hall–Kier alpha value is -3.00. The Morgan fingerprint density at radius 1 is 0.935 bits per heavy atom. The molecule has 0 atom stereocenters. The van der Waals surface area contributed by atoms with E-state index in [4.69, 9.17) is 4.74 Å². The van der Waals surface area contributed by atoms with Crippen molar-refractivity contribution < 1.29 is 14.6 Å². The van der Waals surface area contributed by atoms with Crippen molar-refractivity contribution >= 4 is 16.7 Å². The van der Waals surface area contributed by atoms with Gasteiger partial charge in [-0.2, -0.15) is 0 Å². The van der Waals surface area contributed by atoms with E-state index < -0.39 is 5.97 Å². The molecule has 3 aromatic rings. The third-order valence-corrected chi connectivity index (χ3v) is 5.87. The normalized spacial score (nSPS) is 15.4. The van der Waals surface area contributed by atoms with Crippen molar-refractivity contribution in [1.82, 2.24) is 14.4 Å². The molecular formula is C24H27N3O4. The number of rotatable bonds is 7. The van der Waals surface area contributed by atoms with Crippen LogP contribution in [0.2, 0.25) is 0 Å². The second kappa shape index (κ2) is 9.43. The average Bonchev–Trinajstić information content (AvgIpc) is 2.79. The Labute approximate surface area is 181 Å². The van der Waals surface area contributed by atoms with Crippen molar-refractivity contribution in [1.29, 1.82) is 0 Å². The van der Waals surface area contributed by atoms with E-state index in [0.717, 1.165) is 32.7 Å². The molecule has 0 amide bonds. The molecule has 2 heterocycles. The van der Waals surface area contributed by atoms with Gasteiger partial charge in [0.1, 0.15) is 0 Å². The maximum Gasteiger partial charge on any atom is 0.338 e. The second-order valence-corrected chi connectivity index (χ2v) is 7.76. The summed E-state index contributed by atoms with van der Waals surface area (Å²) in [7, 11) is 1.70. The summed E-state index contributed by atoms with van der Waals surface area (Å²) in [5.74, 6) is -1.02. The van der Waals surface area contributed by atoms with E-state index in [2.05, 4.69) is 9.80 Å². The van der Waals surface area contributed by atoms with Crippen LogP contribution in [0.4, 0.5) is 0 Å². The van der Waals surface area contributed by atoms with Gasteiger partial charge in [-0.3, -0.25) is 19.2 Å². The number of carbonyl (C=O) groups is 1. The van der Waals surface area contributed by atoms with Gasteiger partial charge in [-0.15, -0.1) is 0 Å². The standard InChI is InChI=1S/C24H27N3O4/c1-31-16-15-25-11-13-26(14-12-25)17-21-22(24(29)30)19-9-5-6-10-20(19)23(28)27(21)18-7-3-2-4-8-18/h2-10H,11-17H2,1H3,(H,29,30). The van der Waals surface area contributed by atoms with Crippen LogP contribution in [0.3, 0.4) is 0 Å². The first-order valence-corrected chi connectivity index (χ1v) is 10.5. The van der Waals surface area contributed by atoms with Crippen LogP contribution < -0.4 is 5.56 Å². The highest BCUT2D eigenvalue weighted by atomic mass is 16.5. The topological polar surface area (TPSA) is 75.0 Å². The maximum atomic E-state index is 13.5. The summed E-state index contributed by atoms with van der Waals surface area (Å²) >= 11 is 0. The number of aromatic carboxylic acids is 1. The minimum absolute atomic E-state index is 0.194. The zero-order valence-corrected chi connectivity index (χ0v) is 17.7. The third-order valence-electron chi connectivity index (χ3n) is 5.87. The minimum Gasteiger partial charge on any atom is -0.478 e. The van der Waals surface area contributed by atoms with Gasteiger partial charge in [0.05, 0.1) is 17.9 Å². The Kier molecular flexibility index (Phi) is 6.46. The SMILES string of the molecule is COCCN1CCN(Cc2c(C(=O)O)c3ccccc3c(=O)n2-c2ccccc2)CC1. The maximum absolute atomic E-state index is 13.5. The third kappa shape index (κ3) is 4.39. The summed E-state index contributed by atoms with van der Waals surface area (Å²) in [5, 5.41) is 11.0. The van der Waals surface area contributed by atoms with E-state index in [-0.39, 0.29) is 11.1 Å². The zero-order valence-electron chi connectivity index (χ0n) is 17.7. The van der Waals surface area contributed by atoms with E-state index in [9.17, 15) is 14.7 Å². The van der Waals surface area contributed by atoms with Crippen LogP contribution in [0.5, 0.6) is 0 Å². The van der Waals surface area contributed by atoms with Crippen molar-refractivity contribution in [2.45, 2.75) is 6.54 Å². The molecule has 1 aliphatic heterocycles. The predicted molar refractivity (Wildman–Crippen MR) is 120 cm³/mol. The molecule has 1 saturated heterocycles. The molecule has 0 bridgehead atoms. The van der Waals surface area contributed by atoms with Gasteiger partial charge in [0, 0.05) is 62.8 Å². The van der Waals surface area contributed by atoms with Crippen LogP contribution in [0, 0.1) is 0 Å². The van der Waals surface area contributed by atoms with E-state index in [1.165, 1.54) is 0 Å². The number of piperazine rings is 1. The first-order chi connectivity index (χ1) is 15.1. The van der Waals surface area contributed by atoms with Crippen molar-refractivity contribution in [3.63, 3.8) is 0 Å². The molecule has 1 aliphatic rings. The molecule has 0 radical (unpaired) electrons. The number of ether oxygens (including phenoxy) is 1. The van der Waals surface area contributed by atoms with Gasteiger partial charge in [-0.05, 0) is 18.2 Å². The molecule has 162 valence electrons. The van der Waals surface area contributed by atoms with Crippen LogP contribution in [0.15, 0.2) is 59.4 Å². The molecule has 0 saturated carbocycles. The summed E-state index contributed by atoms with van der Waals surface area (Å²) in [4.78, 5) is 30.4. The lowest BCUT2D eigenvalue weighted by molar-refractivity contribution is 0.0691. The first-order valence-electron chi connectivity index (χ1n) is 10.5. The molecule has 0 spiro atoms. The number of carboxylic acid groups (broad SMARTS) is 1. The highest BCUT2D eigenvalue weighted by Gasteiger charge is 2.25. The molecule has 7 heteroatoms. The second-order valence-electron chi connectivity index (χ2n) is 7.76. The number of hydrogen-bond acceptors (Lipinski definition) is 5. The fourth-order valence-electron chi connectivity index (χ4n) is 4.24. The van der Waals surface area contributed by atoms with Gasteiger partial charge in [-0.25, -0.2) is 4.79 Å². The molecule has 7 nitrogen and oxygen atoms in total. The van der Waals surface area contributed by atoms with Crippen molar-refractivity contribution in [2.75, 3.05) is 46.4 Å². The van der Waals surface area contributed by atoms with Crippen molar-refractivity contribution in [2.24, 2.45) is 0 Å². The smallest absolute Gasteiger partial charge is 0.338 e. The lowest BCUT2D eigenvalue weighted by Crippen LogP contribution is -2.47. The van der Waals surface area contributed by atoms with Crippen LogP contribution in [-0.2, 0) is 11.3 Å². The predicted octanol–water partition coefficient (Wildman–Crippen LogP) is 2.45. The number of hydrogen-bond donors (Lipinski definition) is 1. The first kappa shape index (κ1) is 21.2. The van der Waals surface area contributed by atoms with E-state index in [1.807, 2.05) is 30.3 Å². The number of aromatic nitrogens is 1. The quantitative estimate of drug-likeness (QED) is 0.632. The monoisotopic (exact) mass is 421 g/mol. The fourth-order valence-corrected chi connectivity index (χ4v) is 4.24. The van der Waals surface area contributed by atoms with E-state index >= 15 is 0 Å². The number of nitrogens with zero attached hydrogens (tertiary/aromatic N) is 3. The number of methoxy groups -OCH3 is 1. The molecule has 2 aromatic carbocycles. The molecule has 0 unspecified atom stereocenters. The summed E-state index contributed by atoms with van der Waals surface area (Å²) in [6.45, 7) is 5.35. The molecular weight excluding hydrogens is 394 g/mol. The van der Waals surface area contributed by atoms with Crippen molar-refractivity contribution in [3.05, 3.63) is 76.2 Å². The number of carboxylic acids is 1. The minimum atomic E-state index is -1.02. The summed E-state index contributed by atoms with van der Waals surface area (Å²) in [6, 6.07) is 16.2. The Morgan fingerprint density at radius 3 is 2.19 bits per heavy atom. The van der Waals surface area contributed by atoms with Crippen LogP contribution >= 0.6 is 0 Å². The molecule has 0 aliphatic carbocycles. The highest BCUT2D eigenvalue weighted by Crippen LogP contribution is 2.24. The van der Waals surface area contributed by atoms with Gasteiger partial charge >= 0.3 is 5.97 Å². The van der Waals surface area contributed by atoms with E-state index in [0.29, 0.717) is 35.3 Å². The lowest BCUT2D eigenvalue weighted by atomic mass is 10.0. The molecule has 1 fully saturated rings. The zero-order chi connectivity index (χ0) is 21.8. The Bertz CT molecular complexity index is 1120.